The van der Waals surface area contributed by atoms with Gasteiger partial charge in [-0.1, -0.05) is 5.92 Å². The molecular formula is C13H22N2O3S. The molecule has 1 heterocycles. The van der Waals surface area contributed by atoms with Crippen molar-refractivity contribution in [1.29, 1.82) is 0 Å². The number of terminal acetylenes is 1. The number of carbonyl (C=O) groups is 1. The number of amides is 1. The van der Waals surface area contributed by atoms with Crippen LogP contribution in [0.15, 0.2) is 0 Å². The summed E-state index contributed by atoms with van der Waals surface area (Å²) in [6.45, 7) is 6.22. The van der Waals surface area contributed by atoms with Crippen LogP contribution in [-0.2, 0) is 14.6 Å². The maximum Gasteiger partial charge on any atom is 0.237 e. The SMILES string of the molecule is C#CCN(C(=O)CNC(C)(C)C)C1CCS(=O)(=O)C1. The van der Waals surface area contributed by atoms with Crippen LogP contribution in [-0.4, -0.2) is 55.4 Å². The molecule has 108 valence electrons. The summed E-state index contributed by atoms with van der Waals surface area (Å²) < 4.78 is 23.0. The largest absolute Gasteiger partial charge is 0.326 e. The van der Waals surface area contributed by atoms with Crippen LogP contribution >= 0.6 is 0 Å². The first-order valence-corrected chi connectivity index (χ1v) is 8.15. The maximum absolute atomic E-state index is 12.2. The summed E-state index contributed by atoms with van der Waals surface area (Å²) in [5.41, 5.74) is -0.167. The Hall–Kier alpha value is -1.06. The van der Waals surface area contributed by atoms with Gasteiger partial charge in [0.1, 0.15) is 0 Å². The van der Waals surface area contributed by atoms with Crippen LogP contribution in [0.25, 0.3) is 0 Å². The molecule has 0 spiro atoms. The molecule has 1 saturated heterocycles. The van der Waals surface area contributed by atoms with Gasteiger partial charge in [0.15, 0.2) is 9.84 Å². The van der Waals surface area contributed by atoms with Crippen molar-refractivity contribution in [1.82, 2.24) is 10.2 Å². The second-order valence-electron chi connectivity index (χ2n) is 5.89. The summed E-state index contributed by atoms with van der Waals surface area (Å²) in [4.78, 5) is 13.7. The van der Waals surface area contributed by atoms with Gasteiger partial charge in [-0.2, -0.15) is 0 Å². The van der Waals surface area contributed by atoms with E-state index in [4.69, 9.17) is 6.42 Å². The van der Waals surface area contributed by atoms with E-state index in [1.54, 1.807) is 0 Å². The zero-order valence-corrected chi connectivity index (χ0v) is 12.6. The minimum Gasteiger partial charge on any atom is -0.326 e. The quantitative estimate of drug-likeness (QED) is 0.740. The van der Waals surface area contributed by atoms with Gasteiger partial charge in [0.25, 0.3) is 0 Å². The number of hydrogen-bond donors (Lipinski definition) is 1. The summed E-state index contributed by atoms with van der Waals surface area (Å²) in [5, 5.41) is 3.10. The van der Waals surface area contributed by atoms with E-state index in [0.29, 0.717) is 6.42 Å². The highest BCUT2D eigenvalue weighted by Crippen LogP contribution is 2.17. The Balaban J connectivity index is 2.68. The first kappa shape index (κ1) is 16.0. The van der Waals surface area contributed by atoms with E-state index in [2.05, 4.69) is 11.2 Å². The van der Waals surface area contributed by atoms with Crippen LogP contribution in [0.1, 0.15) is 27.2 Å². The van der Waals surface area contributed by atoms with E-state index in [9.17, 15) is 13.2 Å². The van der Waals surface area contributed by atoms with E-state index in [1.165, 1.54) is 4.90 Å². The topological polar surface area (TPSA) is 66.5 Å². The number of nitrogens with one attached hydrogen (secondary N) is 1. The number of rotatable bonds is 4. The van der Waals surface area contributed by atoms with Crippen LogP contribution < -0.4 is 5.32 Å². The van der Waals surface area contributed by atoms with Crippen molar-refractivity contribution < 1.29 is 13.2 Å². The first-order valence-electron chi connectivity index (χ1n) is 6.33. The molecule has 0 saturated carbocycles. The van der Waals surface area contributed by atoms with Gasteiger partial charge in [-0.15, -0.1) is 6.42 Å². The zero-order valence-electron chi connectivity index (χ0n) is 11.8. The van der Waals surface area contributed by atoms with Crippen molar-refractivity contribution in [2.75, 3.05) is 24.6 Å². The molecule has 0 aromatic heterocycles. The third-order valence-corrected chi connectivity index (χ3v) is 4.75. The van der Waals surface area contributed by atoms with E-state index in [-0.39, 0.29) is 42.1 Å². The number of sulfone groups is 1. The standard InChI is InChI=1S/C13H22N2O3S/c1-5-7-15(11-6-8-19(17,18)10-11)12(16)9-14-13(2,3)4/h1,11,14H,6-10H2,2-4H3. The lowest BCUT2D eigenvalue weighted by molar-refractivity contribution is -0.131. The first-order chi connectivity index (χ1) is 8.64. The van der Waals surface area contributed by atoms with Crippen molar-refractivity contribution in [2.45, 2.75) is 38.8 Å². The van der Waals surface area contributed by atoms with Gasteiger partial charge in [0.05, 0.1) is 24.6 Å². The lowest BCUT2D eigenvalue weighted by Gasteiger charge is -2.28. The zero-order chi connectivity index (χ0) is 14.7. The molecule has 0 bridgehead atoms. The van der Waals surface area contributed by atoms with Gasteiger partial charge < -0.3 is 10.2 Å². The van der Waals surface area contributed by atoms with Gasteiger partial charge in [0.2, 0.25) is 5.91 Å². The van der Waals surface area contributed by atoms with Crippen LogP contribution in [0.4, 0.5) is 0 Å². The second-order valence-corrected chi connectivity index (χ2v) is 8.11. The molecule has 1 atom stereocenters. The fraction of sp³-hybridized carbons (Fsp3) is 0.769. The van der Waals surface area contributed by atoms with Crippen molar-refractivity contribution in [3.05, 3.63) is 0 Å². The summed E-state index contributed by atoms with van der Waals surface area (Å²) in [6.07, 6.45) is 5.75. The average molecular weight is 286 g/mol. The van der Waals surface area contributed by atoms with Gasteiger partial charge in [-0.3, -0.25) is 4.79 Å². The molecule has 1 amide bonds. The van der Waals surface area contributed by atoms with Crippen molar-refractivity contribution in [3.63, 3.8) is 0 Å². The molecule has 0 radical (unpaired) electrons. The third kappa shape index (κ3) is 5.21. The minimum absolute atomic E-state index is 0.0237. The molecule has 1 unspecified atom stereocenters. The summed E-state index contributed by atoms with van der Waals surface area (Å²) >= 11 is 0. The van der Waals surface area contributed by atoms with Gasteiger partial charge in [0, 0.05) is 11.6 Å². The Morgan fingerprint density at radius 3 is 2.53 bits per heavy atom. The summed E-state index contributed by atoms with van der Waals surface area (Å²) in [5.74, 6) is 2.45. The molecular weight excluding hydrogens is 264 g/mol. The van der Waals surface area contributed by atoms with Gasteiger partial charge in [-0.25, -0.2) is 8.42 Å². The van der Waals surface area contributed by atoms with E-state index < -0.39 is 9.84 Å². The Bertz CT molecular complexity index is 471. The molecule has 1 aliphatic rings. The van der Waals surface area contributed by atoms with Crippen molar-refractivity contribution >= 4 is 15.7 Å². The fourth-order valence-corrected chi connectivity index (χ4v) is 3.71. The average Bonchev–Trinajstić information content (AvgIpc) is 2.62. The van der Waals surface area contributed by atoms with Crippen molar-refractivity contribution in [2.24, 2.45) is 0 Å². The molecule has 0 aliphatic carbocycles. The summed E-state index contributed by atoms with van der Waals surface area (Å²) in [6, 6.07) is -0.282. The van der Waals surface area contributed by atoms with Crippen molar-refractivity contribution in [3.8, 4) is 12.3 Å². The van der Waals surface area contributed by atoms with E-state index >= 15 is 0 Å². The normalized spacial score (nSPS) is 21.9. The monoisotopic (exact) mass is 286 g/mol. The highest BCUT2D eigenvalue weighted by Gasteiger charge is 2.34. The minimum atomic E-state index is -3.02. The second kappa shape index (κ2) is 5.93. The molecule has 5 nitrogen and oxygen atoms in total. The number of hydrogen-bond acceptors (Lipinski definition) is 4. The lowest BCUT2D eigenvalue weighted by atomic mass is 10.1. The number of nitrogens with zero attached hydrogens (tertiary/aromatic N) is 1. The molecule has 0 aromatic carbocycles. The van der Waals surface area contributed by atoms with Crippen LogP contribution in [0.5, 0.6) is 0 Å². The highest BCUT2D eigenvalue weighted by molar-refractivity contribution is 7.91. The fourth-order valence-electron chi connectivity index (χ4n) is 1.98. The van der Waals surface area contributed by atoms with E-state index in [0.717, 1.165) is 0 Å². The molecule has 1 fully saturated rings. The number of carbonyl (C=O) groups excluding carboxylic acids is 1. The molecule has 0 aromatic rings. The van der Waals surface area contributed by atoms with Crippen LogP contribution in [0, 0.1) is 12.3 Å². The Kier molecular flexibility index (Phi) is 4.99. The van der Waals surface area contributed by atoms with Crippen LogP contribution in [0.3, 0.4) is 0 Å². The third-order valence-electron chi connectivity index (χ3n) is 3.00. The Morgan fingerprint density at radius 1 is 1.47 bits per heavy atom. The van der Waals surface area contributed by atoms with Crippen LogP contribution in [0.2, 0.25) is 0 Å². The molecule has 6 heteroatoms. The Labute approximate surface area is 115 Å². The molecule has 1 N–H and O–H groups in total. The van der Waals surface area contributed by atoms with Gasteiger partial charge >= 0.3 is 0 Å². The molecule has 1 aliphatic heterocycles. The smallest absolute Gasteiger partial charge is 0.237 e. The van der Waals surface area contributed by atoms with E-state index in [1.807, 2.05) is 20.8 Å². The molecule has 19 heavy (non-hydrogen) atoms. The maximum atomic E-state index is 12.2. The van der Waals surface area contributed by atoms with Gasteiger partial charge in [-0.05, 0) is 27.2 Å². The summed E-state index contributed by atoms with van der Waals surface area (Å²) in [7, 11) is -3.02. The molecule has 1 rings (SSSR count). The predicted octanol–water partition coefficient (Wildman–Crippen LogP) is 0.0234. The Morgan fingerprint density at radius 2 is 2.11 bits per heavy atom. The lowest BCUT2D eigenvalue weighted by Crippen LogP contribution is -2.48. The highest BCUT2D eigenvalue weighted by atomic mass is 32.2. The predicted molar refractivity (Wildman–Crippen MR) is 75.4 cm³/mol.